The van der Waals surface area contributed by atoms with Gasteiger partial charge in [0.2, 0.25) is 17.8 Å². The summed E-state index contributed by atoms with van der Waals surface area (Å²) < 4.78 is 1.73. The first-order valence-electron chi connectivity index (χ1n) is 19.5. The number of Topliss-reactive ketones (excluding diaryl/α,β-unsaturated/α-hetero) is 1. The normalized spacial score (nSPS) is 20.8. The van der Waals surface area contributed by atoms with Crippen molar-refractivity contribution in [2.75, 3.05) is 49.5 Å². The molecule has 3 saturated heterocycles. The predicted octanol–water partition coefficient (Wildman–Crippen LogP) is 4.86. The maximum Gasteiger partial charge on any atom is 0.263 e. The number of hydrogen-bond donors (Lipinski definition) is 2. The fourth-order valence-electron chi connectivity index (χ4n) is 9.02. The van der Waals surface area contributed by atoms with E-state index in [-0.39, 0.29) is 40.7 Å². The van der Waals surface area contributed by atoms with E-state index in [4.69, 9.17) is 9.97 Å². The van der Waals surface area contributed by atoms with Gasteiger partial charge in [-0.25, -0.2) is 9.97 Å². The molecule has 4 fully saturated rings. The van der Waals surface area contributed by atoms with E-state index in [1.54, 1.807) is 17.7 Å². The van der Waals surface area contributed by atoms with Crippen LogP contribution in [0.15, 0.2) is 53.6 Å². The molecule has 6 heterocycles. The van der Waals surface area contributed by atoms with Crippen molar-refractivity contribution >= 4 is 46.1 Å². The minimum atomic E-state index is -0.260. The molecule has 0 spiro atoms. The Morgan fingerprint density at radius 2 is 1.67 bits per heavy atom. The molecule has 4 aliphatic rings. The van der Waals surface area contributed by atoms with Crippen molar-refractivity contribution in [1.82, 2.24) is 34.6 Å². The highest BCUT2D eigenvalue weighted by Gasteiger charge is 2.30. The lowest BCUT2D eigenvalue weighted by atomic mass is 9.89. The van der Waals surface area contributed by atoms with Crippen LogP contribution in [0.1, 0.15) is 97.3 Å². The zero-order chi connectivity index (χ0) is 37.3. The molecule has 13 heteroatoms. The van der Waals surface area contributed by atoms with Gasteiger partial charge < -0.3 is 10.2 Å². The molecule has 282 valence electrons. The number of anilines is 3. The van der Waals surface area contributed by atoms with Gasteiger partial charge in [-0.1, -0.05) is 37.1 Å². The summed E-state index contributed by atoms with van der Waals surface area (Å²) in [7, 11) is 0. The van der Waals surface area contributed by atoms with E-state index >= 15 is 0 Å². The van der Waals surface area contributed by atoms with Crippen LogP contribution in [0.5, 0.6) is 0 Å². The van der Waals surface area contributed by atoms with Crippen LogP contribution >= 0.6 is 0 Å². The van der Waals surface area contributed by atoms with Gasteiger partial charge in [-0.2, -0.15) is 4.98 Å². The average Bonchev–Trinajstić information content (AvgIpc) is 3.70. The summed E-state index contributed by atoms with van der Waals surface area (Å²) in [6.07, 6.45) is 10.7. The molecule has 54 heavy (non-hydrogen) atoms. The highest BCUT2D eigenvalue weighted by Crippen LogP contribution is 2.32. The second-order valence-corrected chi connectivity index (χ2v) is 15.4. The number of amides is 2. The number of benzene rings is 1. The SMILES string of the molecule is CC(=O)c1c(C)c2cnc(Nc3ccc(N4CCC(N5CCN(Cc6cccc(C7CCC(=O)NC7=O)c6)CC5)CC4)cn3)nc2n(C2CCCC2)c1=O. The summed E-state index contributed by atoms with van der Waals surface area (Å²) in [5.41, 5.74) is 4.45. The van der Waals surface area contributed by atoms with Crippen molar-refractivity contribution in [1.29, 1.82) is 0 Å². The standard InChI is InChI=1S/C41H49N9O4/c1-26-34-24-43-41(46-38(34)50(31-8-3-4-9-31)40(54)37(26)27(2)51)44-35-12-10-32(23-42-35)48-16-14-30(15-17-48)49-20-18-47(19-21-49)25-28-6-5-7-29(22-28)33-11-13-36(52)45-39(33)53/h5-7,10,12,22-24,30-31,33H,3-4,8-9,11,13-21,25H2,1-2H3,(H,45,52,53)(H,42,43,44,46). The number of imide groups is 1. The molecule has 0 bridgehead atoms. The van der Waals surface area contributed by atoms with Crippen LogP contribution in [0.4, 0.5) is 17.5 Å². The second-order valence-electron chi connectivity index (χ2n) is 15.4. The van der Waals surface area contributed by atoms with Gasteiger partial charge in [0.05, 0.1) is 23.4 Å². The van der Waals surface area contributed by atoms with Crippen molar-refractivity contribution in [2.24, 2.45) is 0 Å². The number of hydrogen-bond acceptors (Lipinski definition) is 11. The number of piperidine rings is 2. The third kappa shape index (κ3) is 7.39. The number of carbonyl (C=O) groups is 3. The van der Waals surface area contributed by atoms with E-state index in [1.807, 2.05) is 24.4 Å². The van der Waals surface area contributed by atoms with E-state index in [2.05, 4.69) is 48.5 Å². The topological polar surface area (TPSA) is 146 Å². The Hall–Kier alpha value is -5.01. The van der Waals surface area contributed by atoms with Crippen LogP contribution < -0.4 is 21.1 Å². The molecule has 8 rings (SSSR count). The first-order chi connectivity index (χ1) is 26.2. The van der Waals surface area contributed by atoms with Gasteiger partial charge >= 0.3 is 0 Å². The minimum absolute atomic E-state index is 0.0241. The maximum absolute atomic E-state index is 13.6. The zero-order valence-electron chi connectivity index (χ0n) is 31.2. The molecule has 1 atom stereocenters. The van der Waals surface area contributed by atoms with Gasteiger partial charge in [0.25, 0.3) is 5.56 Å². The summed E-state index contributed by atoms with van der Waals surface area (Å²) >= 11 is 0. The lowest BCUT2D eigenvalue weighted by molar-refractivity contribution is -0.134. The Kier molecular flexibility index (Phi) is 10.3. The lowest BCUT2D eigenvalue weighted by Crippen LogP contribution is -2.53. The Balaban J connectivity index is 0.846. The Bertz CT molecular complexity index is 2110. The first-order valence-corrected chi connectivity index (χ1v) is 19.5. The molecule has 1 saturated carbocycles. The number of aryl methyl sites for hydroxylation is 1. The van der Waals surface area contributed by atoms with Crippen LogP contribution in [0.3, 0.4) is 0 Å². The Labute approximate surface area is 315 Å². The molecule has 2 amide bonds. The van der Waals surface area contributed by atoms with Gasteiger partial charge in [0.15, 0.2) is 5.78 Å². The van der Waals surface area contributed by atoms with Crippen LogP contribution in [0.25, 0.3) is 11.0 Å². The zero-order valence-corrected chi connectivity index (χ0v) is 31.2. The van der Waals surface area contributed by atoms with Crippen LogP contribution in [0.2, 0.25) is 0 Å². The highest BCUT2D eigenvalue weighted by atomic mass is 16.2. The van der Waals surface area contributed by atoms with E-state index < -0.39 is 0 Å². The van der Waals surface area contributed by atoms with Crippen LogP contribution in [-0.2, 0) is 16.1 Å². The summed E-state index contributed by atoms with van der Waals surface area (Å²) in [5.74, 6) is 0.145. The van der Waals surface area contributed by atoms with Crippen LogP contribution in [0, 0.1) is 6.92 Å². The minimum Gasteiger partial charge on any atom is -0.370 e. The number of nitrogens with zero attached hydrogens (tertiary/aromatic N) is 7. The van der Waals surface area contributed by atoms with Crippen molar-refractivity contribution < 1.29 is 14.4 Å². The van der Waals surface area contributed by atoms with Gasteiger partial charge in [-0.3, -0.25) is 38.9 Å². The van der Waals surface area contributed by atoms with Crippen molar-refractivity contribution in [3.63, 3.8) is 0 Å². The first kappa shape index (κ1) is 36.0. The van der Waals surface area contributed by atoms with E-state index in [0.717, 1.165) is 101 Å². The molecular weight excluding hydrogens is 683 g/mol. The number of aromatic nitrogens is 4. The lowest BCUT2D eigenvalue weighted by Gasteiger charge is -2.43. The second kappa shape index (κ2) is 15.4. The van der Waals surface area contributed by atoms with Crippen molar-refractivity contribution in [2.45, 2.75) is 89.8 Å². The number of piperazine rings is 1. The van der Waals surface area contributed by atoms with E-state index in [1.165, 1.54) is 12.5 Å². The highest BCUT2D eigenvalue weighted by molar-refractivity contribution is 6.01. The van der Waals surface area contributed by atoms with Crippen LogP contribution in [-0.4, -0.2) is 92.2 Å². The summed E-state index contributed by atoms with van der Waals surface area (Å²) in [6.45, 7) is 10.2. The molecule has 0 radical (unpaired) electrons. The quantitative estimate of drug-likeness (QED) is 0.180. The van der Waals surface area contributed by atoms with Crippen molar-refractivity contribution in [3.05, 3.63) is 81.4 Å². The number of ketones is 1. The van der Waals surface area contributed by atoms with E-state index in [0.29, 0.717) is 41.9 Å². The molecule has 3 aromatic heterocycles. The largest absolute Gasteiger partial charge is 0.370 e. The molecule has 4 aromatic rings. The van der Waals surface area contributed by atoms with Gasteiger partial charge in [-0.05, 0) is 74.8 Å². The molecule has 3 aliphatic heterocycles. The number of rotatable bonds is 9. The molecule has 13 nitrogen and oxygen atoms in total. The fraction of sp³-hybridized carbons (Fsp3) is 0.488. The molecule has 2 N–H and O–H groups in total. The van der Waals surface area contributed by atoms with E-state index in [9.17, 15) is 19.2 Å². The smallest absolute Gasteiger partial charge is 0.263 e. The van der Waals surface area contributed by atoms with Gasteiger partial charge in [0.1, 0.15) is 11.5 Å². The Morgan fingerprint density at radius 3 is 2.37 bits per heavy atom. The maximum atomic E-state index is 13.6. The summed E-state index contributed by atoms with van der Waals surface area (Å²) in [6, 6.07) is 12.9. The van der Waals surface area contributed by atoms with Crippen molar-refractivity contribution in [3.8, 4) is 0 Å². The monoisotopic (exact) mass is 731 g/mol. The molecule has 1 aliphatic carbocycles. The van der Waals surface area contributed by atoms with Gasteiger partial charge in [0, 0.05) is 75.9 Å². The predicted molar refractivity (Wildman–Crippen MR) is 207 cm³/mol. The third-order valence-corrected chi connectivity index (χ3v) is 12.0. The number of fused-ring (bicyclic) bond motifs is 1. The Morgan fingerprint density at radius 1 is 0.889 bits per heavy atom. The molecule has 1 aromatic carbocycles. The number of nitrogens with one attached hydrogen (secondary N) is 2. The number of carbonyl (C=O) groups excluding carboxylic acids is 3. The third-order valence-electron chi connectivity index (χ3n) is 12.0. The summed E-state index contributed by atoms with van der Waals surface area (Å²) in [5, 5.41) is 6.44. The van der Waals surface area contributed by atoms with Gasteiger partial charge in [-0.15, -0.1) is 0 Å². The number of pyridine rings is 2. The summed E-state index contributed by atoms with van der Waals surface area (Å²) in [4.78, 5) is 71.6. The average molecular weight is 732 g/mol. The fourth-order valence-corrected chi connectivity index (χ4v) is 9.02. The molecular formula is C41H49N9O4. The molecule has 1 unspecified atom stereocenters.